The zero-order chi connectivity index (χ0) is 16.6. The number of hydrogen-bond acceptors (Lipinski definition) is 5. The van der Waals surface area contributed by atoms with Crippen molar-refractivity contribution in [2.75, 3.05) is 12.1 Å². The number of rotatable bonds is 4. The van der Waals surface area contributed by atoms with Gasteiger partial charge in [0, 0.05) is 7.05 Å². The highest BCUT2D eigenvalue weighted by atomic mass is 32.1. The van der Waals surface area contributed by atoms with Crippen LogP contribution in [0.1, 0.15) is 20.8 Å². The molecule has 0 aliphatic rings. The molecule has 0 spiro atoms. The van der Waals surface area contributed by atoms with Gasteiger partial charge in [-0.15, -0.1) is 11.3 Å². The number of fused-ring (bicyclic) bond motifs is 1. The Morgan fingerprint density at radius 3 is 2.70 bits per heavy atom. The van der Waals surface area contributed by atoms with Gasteiger partial charge in [-0.2, -0.15) is 0 Å². The van der Waals surface area contributed by atoms with E-state index in [4.69, 9.17) is 0 Å². The van der Waals surface area contributed by atoms with Gasteiger partial charge in [0.15, 0.2) is 0 Å². The van der Waals surface area contributed by atoms with Gasteiger partial charge in [0.2, 0.25) is 0 Å². The predicted molar refractivity (Wildman–Crippen MR) is 89.9 cm³/mol. The van der Waals surface area contributed by atoms with Crippen molar-refractivity contribution >= 4 is 27.5 Å². The molecule has 0 saturated heterocycles. The van der Waals surface area contributed by atoms with Crippen molar-refractivity contribution in [3.63, 3.8) is 0 Å². The largest absolute Gasteiger partial charge is 0.477 e. The van der Waals surface area contributed by atoms with Crippen LogP contribution in [-0.2, 0) is 6.54 Å². The predicted octanol–water partition coefficient (Wildman–Crippen LogP) is 2.23. The molecule has 118 valence electrons. The van der Waals surface area contributed by atoms with Gasteiger partial charge in [-0.3, -0.25) is 4.79 Å². The van der Waals surface area contributed by atoms with Crippen molar-refractivity contribution < 1.29 is 9.90 Å². The van der Waals surface area contributed by atoms with Crippen LogP contribution >= 0.6 is 11.3 Å². The van der Waals surface area contributed by atoms with E-state index in [-0.39, 0.29) is 10.4 Å². The van der Waals surface area contributed by atoms with Gasteiger partial charge in [-0.05, 0) is 18.1 Å². The second-order valence-electron chi connectivity index (χ2n) is 5.24. The first-order chi connectivity index (χ1) is 11.0. The fourth-order valence-electron chi connectivity index (χ4n) is 2.49. The van der Waals surface area contributed by atoms with Gasteiger partial charge in [0.25, 0.3) is 5.56 Å². The van der Waals surface area contributed by atoms with Crippen molar-refractivity contribution in [3.05, 3.63) is 63.0 Å². The SMILES string of the molecule is Cc1c(C(=O)O)sc2ncn(N(C)Cc3ccccc3)c(=O)c12. The first kappa shape index (κ1) is 15.2. The zero-order valence-electron chi connectivity index (χ0n) is 12.7. The number of carboxylic acids is 1. The van der Waals surface area contributed by atoms with Gasteiger partial charge in [-0.1, -0.05) is 30.3 Å². The number of carboxylic acid groups (broad SMARTS) is 1. The van der Waals surface area contributed by atoms with E-state index in [0.717, 1.165) is 16.9 Å². The zero-order valence-corrected chi connectivity index (χ0v) is 13.5. The Morgan fingerprint density at radius 1 is 1.35 bits per heavy atom. The smallest absolute Gasteiger partial charge is 0.346 e. The fourth-order valence-corrected chi connectivity index (χ4v) is 3.46. The molecule has 6 nitrogen and oxygen atoms in total. The molecule has 0 fully saturated rings. The van der Waals surface area contributed by atoms with Crippen molar-refractivity contribution in [3.8, 4) is 0 Å². The molecule has 23 heavy (non-hydrogen) atoms. The second kappa shape index (κ2) is 5.85. The molecule has 0 aliphatic carbocycles. The Balaban J connectivity index is 2.05. The first-order valence-corrected chi connectivity index (χ1v) is 7.80. The quantitative estimate of drug-likeness (QED) is 0.794. The standard InChI is InChI=1S/C16H15N3O3S/c1-10-12-14(23-13(10)16(21)22)17-9-19(15(12)20)18(2)8-11-6-4-3-5-7-11/h3-7,9H,8H2,1-2H3,(H,21,22). The molecular formula is C16H15N3O3S. The number of thiophene rings is 1. The minimum Gasteiger partial charge on any atom is -0.477 e. The summed E-state index contributed by atoms with van der Waals surface area (Å²) in [6.07, 6.45) is 1.44. The van der Waals surface area contributed by atoms with E-state index in [0.29, 0.717) is 22.3 Å². The summed E-state index contributed by atoms with van der Waals surface area (Å²) in [4.78, 5) is 28.8. The fraction of sp³-hybridized carbons (Fsp3) is 0.188. The maximum atomic E-state index is 12.7. The summed E-state index contributed by atoms with van der Waals surface area (Å²) in [5.41, 5.74) is 1.28. The van der Waals surface area contributed by atoms with E-state index < -0.39 is 5.97 Å². The van der Waals surface area contributed by atoms with E-state index in [9.17, 15) is 14.7 Å². The normalized spacial score (nSPS) is 10.9. The van der Waals surface area contributed by atoms with Gasteiger partial charge < -0.3 is 10.1 Å². The molecule has 3 rings (SSSR count). The molecule has 0 bridgehead atoms. The van der Waals surface area contributed by atoms with Crippen molar-refractivity contribution in [1.29, 1.82) is 0 Å². The van der Waals surface area contributed by atoms with Gasteiger partial charge >= 0.3 is 5.97 Å². The number of carbonyl (C=O) groups is 1. The van der Waals surface area contributed by atoms with E-state index in [1.807, 2.05) is 30.3 Å². The Kier molecular flexibility index (Phi) is 3.87. The molecule has 3 aromatic rings. The summed E-state index contributed by atoms with van der Waals surface area (Å²) < 4.78 is 1.42. The van der Waals surface area contributed by atoms with E-state index in [1.54, 1.807) is 19.0 Å². The highest BCUT2D eigenvalue weighted by molar-refractivity contribution is 7.20. The third-order valence-electron chi connectivity index (χ3n) is 3.65. The van der Waals surface area contributed by atoms with Gasteiger partial charge in [0.05, 0.1) is 11.9 Å². The molecule has 7 heteroatoms. The molecule has 2 heterocycles. The van der Waals surface area contributed by atoms with Crippen LogP contribution in [0.4, 0.5) is 0 Å². The topological polar surface area (TPSA) is 75.4 Å². The minimum absolute atomic E-state index is 0.160. The van der Waals surface area contributed by atoms with Crippen LogP contribution in [0.25, 0.3) is 10.2 Å². The van der Waals surface area contributed by atoms with Crippen LogP contribution < -0.4 is 10.6 Å². The van der Waals surface area contributed by atoms with Crippen LogP contribution in [0.5, 0.6) is 0 Å². The van der Waals surface area contributed by atoms with Crippen molar-refractivity contribution in [2.24, 2.45) is 0 Å². The number of aromatic carboxylic acids is 1. The Morgan fingerprint density at radius 2 is 2.04 bits per heavy atom. The summed E-state index contributed by atoms with van der Waals surface area (Å²) in [6, 6.07) is 9.77. The Hall–Kier alpha value is -2.67. The lowest BCUT2D eigenvalue weighted by Gasteiger charge is -2.21. The summed E-state index contributed by atoms with van der Waals surface area (Å²) in [6.45, 7) is 2.19. The third kappa shape index (κ3) is 2.70. The molecule has 0 atom stereocenters. The summed E-state index contributed by atoms with van der Waals surface area (Å²) in [5, 5.41) is 11.3. The number of benzene rings is 1. The molecule has 1 N–H and O–H groups in total. The molecule has 0 unspecified atom stereocenters. The van der Waals surface area contributed by atoms with Gasteiger partial charge in [0.1, 0.15) is 16.0 Å². The lowest BCUT2D eigenvalue weighted by atomic mass is 10.2. The molecule has 0 radical (unpaired) electrons. The molecule has 0 saturated carbocycles. The van der Waals surface area contributed by atoms with E-state index >= 15 is 0 Å². The maximum absolute atomic E-state index is 12.7. The highest BCUT2D eigenvalue weighted by Gasteiger charge is 2.19. The van der Waals surface area contributed by atoms with E-state index in [1.165, 1.54) is 11.0 Å². The lowest BCUT2D eigenvalue weighted by Crippen LogP contribution is -2.38. The molecular weight excluding hydrogens is 314 g/mol. The van der Waals surface area contributed by atoms with Gasteiger partial charge in [-0.25, -0.2) is 14.5 Å². The number of nitrogens with zero attached hydrogens (tertiary/aromatic N) is 3. The van der Waals surface area contributed by atoms with Crippen LogP contribution in [0.15, 0.2) is 41.5 Å². The first-order valence-electron chi connectivity index (χ1n) is 6.98. The third-order valence-corrected chi connectivity index (χ3v) is 4.84. The average molecular weight is 329 g/mol. The molecule has 2 aromatic heterocycles. The molecule has 0 aliphatic heterocycles. The summed E-state index contributed by atoms with van der Waals surface area (Å²) in [5.74, 6) is -1.03. The lowest BCUT2D eigenvalue weighted by molar-refractivity contribution is 0.0701. The molecule has 0 amide bonds. The number of aromatic nitrogens is 2. The Bertz CT molecular complexity index is 931. The number of aryl methyl sites for hydroxylation is 1. The summed E-state index contributed by atoms with van der Waals surface area (Å²) >= 11 is 1.03. The van der Waals surface area contributed by atoms with Crippen LogP contribution in [0.3, 0.4) is 0 Å². The van der Waals surface area contributed by atoms with Crippen molar-refractivity contribution in [2.45, 2.75) is 13.5 Å². The van der Waals surface area contributed by atoms with Crippen LogP contribution in [0.2, 0.25) is 0 Å². The maximum Gasteiger partial charge on any atom is 0.346 e. The van der Waals surface area contributed by atoms with Crippen LogP contribution in [-0.4, -0.2) is 27.8 Å². The highest BCUT2D eigenvalue weighted by Crippen LogP contribution is 2.26. The Labute approximate surface area is 136 Å². The van der Waals surface area contributed by atoms with E-state index in [2.05, 4.69) is 4.98 Å². The summed E-state index contributed by atoms with van der Waals surface area (Å²) in [7, 11) is 1.79. The van der Waals surface area contributed by atoms with Crippen LogP contribution in [0, 0.1) is 6.92 Å². The second-order valence-corrected chi connectivity index (χ2v) is 6.24. The number of hydrogen-bond donors (Lipinski definition) is 1. The average Bonchev–Trinajstić information content (AvgIpc) is 2.86. The monoisotopic (exact) mass is 329 g/mol. The molecule has 1 aromatic carbocycles. The van der Waals surface area contributed by atoms with Crippen molar-refractivity contribution in [1.82, 2.24) is 9.66 Å². The minimum atomic E-state index is -1.03.